The van der Waals surface area contributed by atoms with Crippen LogP contribution in [0.4, 0.5) is 5.69 Å². The number of carbonyl (C=O) groups excluding carboxylic acids is 2. The lowest BCUT2D eigenvalue weighted by atomic mass is 10.2. The van der Waals surface area contributed by atoms with Crippen molar-refractivity contribution < 1.29 is 9.59 Å². The number of nitrogens with zero attached hydrogens (tertiary/aromatic N) is 1. The Labute approximate surface area is 127 Å². The number of hydrogen-bond acceptors (Lipinski definition) is 3. The Kier molecular flexibility index (Phi) is 4.11. The molecule has 7 heteroatoms. The smallest absolute Gasteiger partial charge is 0.269 e. The first-order valence-electron chi connectivity index (χ1n) is 6.06. The molecule has 1 unspecified atom stereocenters. The van der Waals surface area contributed by atoms with Gasteiger partial charge in [-0.3, -0.25) is 20.4 Å². The van der Waals surface area contributed by atoms with Gasteiger partial charge in [-0.05, 0) is 24.6 Å². The molecule has 2 rings (SSSR count). The van der Waals surface area contributed by atoms with Gasteiger partial charge >= 0.3 is 0 Å². The van der Waals surface area contributed by atoms with Gasteiger partial charge in [0.05, 0.1) is 5.92 Å². The highest BCUT2D eigenvalue weighted by molar-refractivity contribution is 6.52. The van der Waals surface area contributed by atoms with Crippen LogP contribution in [-0.4, -0.2) is 30.2 Å². The normalized spacial score (nSPS) is 19.1. The lowest BCUT2D eigenvalue weighted by molar-refractivity contribution is -0.123. The molecule has 20 heavy (non-hydrogen) atoms. The maximum absolute atomic E-state index is 11.9. The molecule has 2 N–H and O–H groups in total. The molecule has 0 spiro atoms. The minimum absolute atomic E-state index is 0.382. The third kappa shape index (κ3) is 3.35. The number of nitrogens with one attached hydrogen (secondary N) is 2. The summed E-state index contributed by atoms with van der Waals surface area (Å²) in [5, 5.41) is 0. The van der Waals surface area contributed by atoms with Crippen LogP contribution in [0.5, 0.6) is 0 Å². The Morgan fingerprint density at radius 3 is 2.50 bits per heavy atom. The van der Waals surface area contributed by atoms with Crippen molar-refractivity contribution in [2.75, 3.05) is 19.0 Å². The zero-order valence-corrected chi connectivity index (χ0v) is 12.6. The van der Waals surface area contributed by atoms with E-state index in [2.05, 4.69) is 10.9 Å². The first-order chi connectivity index (χ1) is 9.31. The highest BCUT2D eigenvalue weighted by Gasteiger charge is 2.56. The van der Waals surface area contributed by atoms with E-state index in [4.69, 9.17) is 23.2 Å². The second-order valence-corrected chi connectivity index (χ2v) is 6.45. The molecule has 0 aromatic heterocycles. The Hall–Kier alpha value is -1.46. The highest BCUT2D eigenvalue weighted by Crippen LogP contribution is 2.53. The fraction of sp³-hybridized carbons (Fsp3) is 0.385. The molecule has 0 saturated heterocycles. The number of halogens is 2. The van der Waals surface area contributed by atoms with E-state index in [-0.39, 0.29) is 5.91 Å². The van der Waals surface area contributed by atoms with Crippen LogP contribution in [0.15, 0.2) is 24.3 Å². The average Bonchev–Trinajstić information content (AvgIpc) is 3.05. The molecule has 2 amide bonds. The predicted molar refractivity (Wildman–Crippen MR) is 78.9 cm³/mol. The Morgan fingerprint density at radius 1 is 1.30 bits per heavy atom. The van der Waals surface area contributed by atoms with Crippen LogP contribution >= 0.6 is 23.2 Å². The van der Waals surface area contributed by atoms with E-state index in [9.17, 15) is 9.59 Å². The first-order valence-corrected chi connectivity index (χ1v) is 6.82. The second-order valence-electron chi connectivity index (χ2n) is 4.91. The molecule has 1 aliphatic carbocycles. The summed E-state index contributed by atoms with van der Waals surface area (Å²) in [6.07, 6.45) is 0.397. The standard InChI is InChI=1S/C13H15Cl2N3O2/c1-18(2)9-5-3-4-8(6-9)11(19)16-17-12(20)10-7-13(10,14)15/h3-6,10H,7H2,1-2H3,(H,16,19)(H,17,20). The maximum Gasteiger partial charge on any atom is 0.269 e. The molecule has 1 saturated carbocycles. The van der Waals surface area contributed by atoms with Crippen LogP contribution in [-0.2, 0) is 4.79 Å². The van der Waals surface area contributed by atoms with Gasteiger partial charge in [0.2, 0.25) is 5.91 Å². The fourth-order valence-corrected chi connectivity index (χ4v) is 2.21. The molecule has 0 bridgehead atoms. The van der Waals surface area contributed by atoms with Gasteiger partial charge < -0.3 is 4.90 Å². The number of carbonyl (C=O) groups is 2. The second kappa shape index (κ2) is 5.50. The minimum Gasteiger partial charge on any atom is -0.378 e. The molecular formula is C13H15Cl2N3O2. The monoisotopic (exact) mass is 315 g/mol. The number of hydrogen-bond donors (Lipinski definition) is 2. The van der Waals surface area contributed by atoms with Crippen molar-refractivity contribution in [3.05, 3.63) is 29.8 Å². The molecule has 0 radical (unpaired) electrons. The number of anilines is 1. The Morgan fingerprint density at radius 2 is 1.95 bits per heavy atom. The molecule has 108 valence electrons. The van der Waals surface area contributed by atoms with Crippen LogP contribution < -0.4 is 15.8 Å². The zero-order valence-electron chi connectivity index (χ0n) is 11.1. The summed E-state index contributed by atoms with van der Waals surface area (Å²) < 4.78 is -1.00. The van der Waals surface area contributed by atoms with Gasteiger partial charge in [-0.2, -0.15) is 0 Å². The van der Waals surface area contributed by atoms with Crippen molar-refractivity contribution in [2.45, 2.75) is 10.8 Å². The van der Waals surface area contributed by atoms with Crippen LogP contribution in [0, 0.1) is 5.92 Å². The van der Waals surface area contributed by atoms with Crippen LogP contribution in [0.25, 0.3) is 0 Å². The summed E-state index contributed by atoms with van der Waals surface area (Å²) >= 11 is 11.6. The summed E-state index contributed by atoms with van der Waals surface area (Å²) in [6, 6.07) is 7.05. The number of alkyl halides is 2. The van der Waals surface area contributed by atoms with Gasteiger partial charge in [-0.15, -0.1) is 23.2 Å². The van der Waals surface area contributed by atoms with Crippen molar-refractivity contribution in [1.29, 1.82) is 0 Å². The van der Waals surface area contributed by atoms with E-state index in [1.54, 1.807) is 18.2 Å². The summed E-state index contributed by atoms with van der Waals surface area (Å²) in [5.41, 5.74) is 6.02. The third-order valence-corrected chi connectivity index (χ3v) is 3.90. The van der Waals surface area contributed by atoms with Gasteiger partial charge in [0.1, 0.15) is 4.33 Å². The molecule has 1 aromatic carbocycles. The highest BCUT2D eigenvalue weighted by atomic mass is 35.5. The lowest BCUT2D eigenvalue weighted by Crippen LogP contribution is -2.43. The van der Waals surface area contributed by atoms with Crippen molar-refractivity contribution in [3.63, 3.8) is 0 Å². The number of amides is 2. The SMILES string of the molecule is CN(C)c1cccc(C(=O)NNC(=O)C2CC2(Cl)Cl)c1. The zero-order chi connectivity index (χ0) is 14.9. The van der Waals surface area contributed by atoms with E-state index in [1.807, 2.05) is 25.1 Å². The topological polar surface area (TPSA) is 61.4 Å². The first kappa shape index (κ1) is 14.9. The molecule has 5 nitrogen and oxygen atoms in total. The largest absolute Gasteiger partial charge is 0.378 e. The van der Waals surface area contributed by atoms with Gasteiger partial charge in [-0.1, -0.05) is 6.07 Å². The molecule has 1 atom stereocenters. The minimum atomic E-state index is -1.00. The summed E-state index contributed by atoms with van der Waals surface area (Å²) in [6.45, 7) is 0. The van der Waals surface area contributed by atoms with E-state index >= 15 is 0 Å². The van der Waals surface area contributed by atoms with Crippen molar-refractivity contribution in [3.8, 4) is 0 Å². The maximum atomic E-state index is 11.9. The Balaban J connectivity index is 1.92. The molecular weight excluding hydrogens is 301 g/mol. The van der Waals surface area contributed by atoms with E-state index in [1.165, 1.54) is 0 Å². The molecule has 1 fully saturated rings. The van der Waals surface area contributed by atoms with Crippen molar-refractivity contribution in [1.82, 2.24) is 10.9 Å². The quantitative estimate of drug-likeness (QED) is 0.659. The summed E-state index contributed by atoms with van der Waals surface area (Å²) in [4.78, 5) is 25.4. The number of rotatable bonds is 3. The van der Waals surface area contributed by atoms with Crippen molar-refractivity contribution in [2.24, 2.45) is 5.92 Å². The average molecular weight is 316 g/mol. The summed E-state index contributed by atoms with van der Waals surface area (Å²) in [5.74, 6) is -1.25. The summed E-state index contributed by atoms with van der Waals surface area (Å²) in [7, 11) is 3.76. The van der Waals surface area contributed by atoms with Gasteiger partial charge in [-0.25, -0.2) is 0 Å². The third-order valence-electron chi connectivity index (χ3n) is 3.07. The lowest BCUT2D eigenvalue weighted by Gasteiger charge is -2.13. The van der Waals surface area contributed by atoms with Gasteiger partial charge in [0.15, 0.2) is 0 Å². The van der Waals surface area contributed by atoms with Gasteiger partial charge in [0, 0.05) is 25.3 Å². The van der Waals surface area contributed by atoms with Crippen LogP contribution in [0.2, 0.25) is 0 Å². The molecule has 0 heterocycles. The molecule has 0 aliphatic heterocycles. The fourth-order valence-electron chi connectivity index (χ4n) is 1.70. The van der Waals surface area contributed by atoms with Gasteiger partial charge in [0.25, 0.3) is 5.91 Å². The van der Waals surface area contributed by atoms with E-state index < -0.39 is 16.2 Å². The van der Waals surface area contributed by atoms with E-state index in [0.29, 0.717) is 12.0 Å². The Bertz CT molecular complexity index is 546. The molecule has 1 aromatic rings. The van der Waals surface area contributed by atoms with Crippen LogP contribution in [0.3, 0.4) is 0 Å². The molecule has 1 aliphatic rings. The van der Waals surface area contributed by atoms with Crippen LogP contribution in [0.1, 0.15) is 16.8 Å². The number of hydrazine groups is 1. The predicted octanol–water partition coefficient (Wildman–Crippen LogP) is 1.71. The van der Waals surface area contributed by atoms with E-state index in [0.717, 1.165) is 5.69 Å². The number of benzene rings is 1. The van der Waals surface area contributed by atoms with Crippen molar-refractivity contribution >= 4 is 40.7 Å².